The Balaban J connectivity index is 1.44. The summed E-state index contributed by atoms with van der Waals surface area (Å²) in [6, 6.07) is 17.6. The number of ether oxygens (including phenoxy) is 2. The normalized spacial score (nSPS) is 15.0. The van der Waals surface area contributed by atoms with Gasteiger partial charge in [0.25, 0.3) is 0 Å². The van der Waals surface area contributed by atoms with Gasteiger partial charge in [-0.15, -0.1) is 0 Å². The molecule has 0 aliphatic carbocycles. The van der Waals surface area contributed by atoms with Gasteiger partial charge < -0.3 is 19.7 Å². The average Bonchev–Trinajstić information content (AvgIpc) is 2.89. The molecule has 7 nitrogen and oxygen atoms in total. The third-order valence-electron chi connectivity index (χ3n) is 6.13. The van der Waals surface area contributed by atoms with Gasteiger partial charge in [0.1, 0.15) is 11.5 Å². The lowest BCUT2D eigenvalue weighted by molar-refractivity contribution is -0.126. The van der Waals surface area contributed by atoms with Crippen LogP contribution in [0, 0.1) is 5.92 Å². The number of nitrogens with zero attached hydrogens (tertiary/aromatic N) is 3. The maximum absolute atomic E-state index is 13.2. The van der Waals surface area contributed by atoms with Gasteiger partial charge in [0, 0.05) is 31.4 Å². The van der Waals surface area contributed by atoms with Crippen molar-refractivity contribution in [2.75, 3.05) is 32.2 Å². The van der Waals surface area contributed by atoms with Crippen LogP contribution in [0.3, 0.4) is 0 Å². The molecule has 2 heterocycles. The van der Waals surface area contributed by atoms with Crippen molar-refractivity contribution in [2.45, 2.75) is 25.3 Å². The summed E-state index contributed by atoms with van der Waals surface area (Å²) in [7, 11) is 3.31. The molecule has 1 saturated heterocycles. The Labute approximate surface area is 194 Å². The molecule has 1 aliphatic rings. The second kappa shape index (κ2) is 10.8. The number of amides is 1. The monoisotopic (exact) mass is 446 g/mol. The van der Waals surface area contributed by atoms with Crippen molar-refractivity contribution in [3.63, 3.8) is 0 Å². The lowest BCUT2D eigenvalue weighted by atomic mass is 9.93. The van der Waals surface area contributed by atoms with Gasteiger partial charge in [-0.1, -0.05) is 24.3 Å². The summed E-state index contributed by atoms with van der Waals surface area (Å²) in [5.41, 5.74) is 2.18. The van der Waals surface area contributed by atoms with Crippen molar-refractivity contribution >= 4 is 11.9 Å². The van der Waals surface area contributed by atoms with Crippen LogP contribution in [-0.4, -0.2) is 43.2 Å². The van der Waals surface area contributed by atoms with E-state index in [-0.39, 0.29) is 17.9 Å². The molecule has 1 aromatic heterocycles. The van der Waals surface area contributed by atoms with E-state index in [1.165, 1.54) is 0 Å². The summed E-state index contributed by atoms with van der Waals surface area (Å²) in [5.74, 6) is 2.41. The van der Waals surface area contributed by atoms with Crippen molar-refractivity contribution in [2.24, 2.45) is 5.92 Å². The SMILES string of the molecule is COc1ccc(CC(NC(=O)C2CCN(c3ncccn3)CC2)c2ccc(OC)cc2)cc1. The number of benzene rings is 2. The third kappa shape index (κ3) is 5.80. The van der Waals surface area contributed by atoms with E-state index < -0.39 is 0 Å². The minimum Gasteiger partial charge on any atom is -0.497 e. The van der Waals surface area contributed by atoms with Crippen LogP contribution in [0.1, 0.15) is 30.0 Å². The number of hydrogen-bond donors (Lipinski definition) is 1. The van der Waals surface area contributed by atoms with E-state index in [1.54, 1.807) is 26.6 Å². The molecule has 7 heteroatoms. The maximum Gasteiger partial charge on any atom is 0.225 e. The van der Waals surface area contributed by atoms with E-state index >= 15 is 0 Å². The Morgan fingerprint density at radius 1 is 0.970 bits per heavy atom. The molecule has 0 radical (unpaired) electrons. The Bertz CT molecular complexity index is 1020. The molecule has 0 spiro atoms. The molecule has 1 amide bonds. The second-order valence-electron chi connectivity index (χ2n) is 8.20. The highest BCUT2D eigenvalue weighted by Crippen LogP contribution is 2.25. The number of rotatable bonds is 8. The number of carbonyl (C=O) groups is 1. The molecule has 0 bridgehead atoms. The van der Waals surface area contributed by atoms with E-state index in [1.807, 2.05) is 54.6 Å². The van der Waals surface area contributed by atoms with Gasteiger partial charge >= 0.3 is 0 Å². The molecule has 4 rings (SSSR count). The average molecular weight is 447 g/mol. The number of hydrogen-bond acceptors (Lipinski definition) is 6. The highest BCUT2D eigenvalue weighted by Gasteiger charge is 2.28. The molecule has 1 aliphatic heterocycles. The topological polar surface area (TPSA) is 76.6 Å². The molecule has 1 N–H and O–H groups in total. The standard InChI is InChI=1S/C26H30N4O3/c1-32-22-8-4-19(5-9-22)18-24(20-6-10-23(33-2)11-7-20)29-25(31)21-12-16-30(17-13-21)26-27-14-3-15-28-26/h3-11,14-15,21,24H,12-13,16-18H2,1-2H3,(H,29,31). The molecule has 3 aromatic rings. The van der Waals surface area contributed by atoms with Gasteiger partial charge in [-0.2, -0.15) is 0 Å². The first-order valence-electron chi connectivity index (χ1n) is 11.3. The van der Waals surface area contributed by atoms with E-state index in [2.05, 4.69) is 20.2 Å². The molecule has 0 saturated carbocycles. The third-order valence-corrected chi connectivity index (χ3v) is 6.13. The first-order chi connectivity index (χ1) is 16.2. The molecular formula is C26H30N4O3. The van der Waals surface area contributed by atoms with Crippen molar-refractivity contribution in [1.82, 2.24) is 15.3 Å². The molecular weight excluding hydrogens is 416 g/mol. The van der Waals surface area contributed by atoms with E-state index in [0.29, 0.717) is 6.42 Å². The molecule has 2 aromatic carbocycles. The fraction of sp³-hybridized carbons (Fsp3) is 0.346. The van der Waals surface area contributed by atoms with Crippen LogP contribution in [0.4, 0.5) is 5.95 Å². The minimum atomic E-state index is -0.132. The molecule has 172 valence electrons. The summed E-state index contributed by atoms with van der Waals surface area (Å²) >= 11 is 0. The van der Waals surface area contributed by atoms with Crippen molar-refractivity contribution in [1.29, 1.82) is 0 Å². The van der Waals surface area contributed by atoms with Crippen molar-refractivity contribution in [3.8, 4) is 11.5 Å². The quantitative estimate of drug-likeness (QED) is 0.567. The Kier molecular flexibility index (Phi) is 7.40. The number of piperidine rings is 1. The predicted molar refractivity (Wildman–Crippen MR) is 128 cm³/mol. The highest BCUT2D eigenvalue weighted by molar-refractivity contribution is 5.79. The van der Waals surface area contributed by atoms with Gasteiger partial charge in [0.15, 0.2) is 0 Å². The fourth-order valence-electron chi connectivity index (χ4n) is 4.17. The van der Waals surface area contributed by atoms with Gasteiger partial charge in [-0.25, -0.2) is 9.97 Å². The summed E-state index contributed by atoms with van der Waals surface area (Å²) in [6.45, 7) is 1.54. The van der Waals surface area contributed by atoms with E-state index in [9.17, 15) is 4.79 Å². The molecule has 1 unspecified atom stereocenters. The van der Waals surface area contributed by atoms with Crippen LogP contribution in [0.25, 0.3) is 0 Å². The Hall–Kier alpha value is -3.61. The summed E-state index contributed by atoms with van der Waals surface area (Å²) in [6.07, 6.45) is 5.75. The predicted octanol–water partition coefficient (Wildman–Crippen LogP) is 3.81. The lowest BCUT2D eigenvalue weighted by Crippen LogP contribution is -2.42. The van der Waals surface area contributed by atoms with Crippen molar-refractivity contribution in [3.05, 3.63) is 78.1 Å². The van der Waals surface area contributed by atoms with Crippen LogP contribution in [0.2, 0.25) is 0 Å². The largest absolute Gasteiger partial charge is 0.497 e. The van der Waals surface area contributed by atoms with Crippen LogP contribution < -0.4 is 19.7 Å². The zero-order valence-corrected chi connectivity index (χ0v) is 19.1. The van der Waals surface area contributed by atoms with E-state index in [4.69, 9.17) is 9.47 Å². The van der Waals surface area contributed by atoms with Crippen LogP contribution in [0.5, 0.6) is 11.5 Å². The van der Waals surface area contributed by atoms with Crippen molar-refractivity contribution < 1.29 is 14.3 Å². The maximum atomic E-state index is 13.2. The number of methoxy groups -OCH3 is 2. The first-order valence-corrected chi connectivity index (χ1v) is 11.3. The Morgan fingerprint density at radius 2 is 1.55 bits per heavy atom. The number of nitrogens with one attached hydrogen (secondary N) is 1. The van der Waals surface area contributed by atoms with E-state index in [0.717, 1.165) is 54.5 Å². The minimum absolute atomic E-state index is 0.0263. The highest BCUT2D eigenvalue weighted by atomic mass is 16.5. The zero-order valence-electron chi connectivity index (χ0n) is 19.1. The first kappa shape index (κ1) is 22.6. The van der Waals surface area contributed by atoms with Gasteiger partial charge in [0.2, 0.25) is 11.9 Å². The summed E-state index contributed by atoms with van der Waals surface area (Å²) in [5, 5.41) is 3.31. The lowest BCUT2D eigenvalue weighted by Gasteiger charge is -2.32. The number of aromatic nitrogens is 2. The van der Waals surface area contributed by atoms with Crippen LogP contribution in [0.15, 0.2) is 67.0 Å². The smallest absolute Gasteiger partial charge is 0.225 e. The summed E-state index contributed by atoms with van der Waals surface area (Å²) in [4.78, 5) is 24.0. The zero-order chi connectivity index (χ0) is 23.0. The van der Waals surface area contributed by atoms with Crippen LogP contribution >= 0.6 is 0 Å². The molecule has 33 heavy (non-hydrogen) atoms. The van der Waals surface area contributed by atoms with Gasteiger partial charge in [-0.05, 0) is 60.7 Å². The fourth-order valence-corrected chi connectivity index (χ4v) is 4.17. The summed E-state index contributed by atoms with van der Waals surface area (Å²) < 4.78 is 10.6. The molecule has 1 fully saturated rings. The second-order valence-corrected chi connectivity index (χ2v) is 8.20. The molecule has 1 atom stereocenters. The number of anilines is 1. The van der Waals surface area contributed by atoms with Crippen LogP contribution in [-0.2, 0) is 11.2 Å². The van der Waals surface area contributed by atoms with Gasteiger partial charge in [-0.3, -0.25) is 4.79 Å². The Morgan fingerprint density at radius 3 is 2.12 bits per heavy atom. The number of carbonyl (C=O) groups excluding carboxylic acids is 1. The van der Waals surface area contributed by atoms with Gasteiger partial charge in [0.05, 0.1) is 20.3 Å².